The lowest BCUT2D eigenvalue weighted by molar-refractivity contribution is 0.116. The zero-order valence-corrected chi connectivity index (χ0v) is 8.62. The van der Waals surface area contributed by atoms with Gasteiger partial charge in [-0.1, -0.05) is 12.8 Å². The summed E-state index contributed by atoms with van der Waals surface area (Å²) in [5.41, 5.74) is 0.877. The van der Waals surface area contributed by atoms with Gasteiger partial charge in [0.15, 0.2) is 0 Å². The van der Waals surface area contributed by atoms with E-state index >= 15 is 0 Å². The van der Waals surface area contributed by atoms with E-state index in [0.29, 0.717) is 0 Å². The lowest BCUT2D eigenvalue weighted by Crippen LogP contribution is -2.36. The van der Waals surface area contributed by atoms with E-state index in [1.807, 2.05) is 0 Å². The van der Waals surface area contributed by atoms with Crippen LogP contribution in [0.5, 0.6) is 0 Å². The van der Waals surface area contributed by atoms with E-state index in [0.717, 1.165) is 31.4 Å². The Morgan fingerprint density at radius 2 is 1.80 bits per heavy atom. The van der Waals surface area contributed by atoms with Gasteiger partial charge >= 0.3 is 0 Å². The molecule has 1 aromatic carbocycles. The summed E-state index contributed by atoms with van der Waals surface area (Å²) in [6.07, 6.45) is 3.82. The van der Waals surface area contributed by atoms with Crippen LogP contribution in [0, 0.1) is 5.82 Å². The van der Waals surface area contributed by atoms with Crippen LogP contribution in [0.2, 0.25) is 0 Å². The van der Waals surface area contributed by atoms with Crippen LogP contribution in [0.1, 0.15) is 25.7 Å². The van der Waals surface area contributed by atoms with Crippen molar-refractivity contribution in [1.82, 2.24) is 0 Å². The first-order valence-electron chi connectivity index (χ1n) is 5.46. The minimum Gasteiger partial charge on any atom is -0.391 e. The molecule has 1 aromatic rings. The molecule has 2 N–H and O–H groups in total. The Balaban J connectivity index is 1.98. The average molecular weight is 209 g/mol. The zero-order chi connectivity index (χ0) is 10.7. The van der Waals surface area contributed by atoms with Crippen molar-refractivity contribution in [2.24, 2.45) is 0 Å². The molecule has 1 aliphatic rings. The maximum Gasteiger partial charge on any atom is 0.123 e. The number of benzene rings is 1. The number of halogens is 1. The summed E-state index contributed by atoms with van der Waals surface area (Å²) in [5.74, 6) is -0.232. The fourth-order valence-electron chi connectivity index (χ4n) is 2.04. The molecule has 2 nitrogen and oxygen atoms in total. The number of rotatable bonds is 2. The topological polar surface area (TPSA) is 32.3 Å². The average Bonchev–Trinajstić information content (AvgIpc) is 2.25. The van der Waals surface area contributed by atoms with Gasteiger partial charge in [-0.15, -0.1) is 0 Å². The molecule has 1 fully saturated rings. The van der Waals surface area contributed by atoms with E-state index in [1.54, 1.807) is 12.1 Å². The Hall–Kier alpha value is -1.09. The zero-order valence-electron chi connectivity index (χ0n) is 8.62. The SMILES string of the molecule is O[C@H]1CCCC[C@@H]1Nc1ccc(F)cc1. The Kier molecular flexibility index (Phi) is 3.21. The van der Waals surface area contributed by atoms with Gasteiger partial charge in [-0.3, -0.25) is 0 Å². The number of hydrogen-bond donors (Lipinski definition) is 2. The van der Waals surface area contributed by atoms with E-state index in [9.17, 15) is 9.50 Å². The Bertz CT molecular complexity index is 312. The predicted molar refractivity (Wildman–Crippen MR) is 58.3 cm³/mol. The molecule has 15 heavy (non-hydrogen) atoms. The molecule has 0 spiro atoms. The number of aliphatic hydroxyl groups is 1. The summed E-state index contributed by atoms with van der Waals surface area (Å²) < 4.78 is 12.7. The Labute approximate surface area is 89.1 Å². The molecule has 0 bridgehead atoms. The second-order valence-corrected chi connectivity index (χ2v) is 4.11. The lowest BCUT2D eigenvalue weighted by Gasteiger charge is -2.29. The normalized spacial score (nSPS) is 26.3. The highest BCUT2D eigenvalue weighted by atomic mass is 19.1. The third kappa shape index (κ3) is 2.69. The number of aliphatic hydroxyl groups excluding tert-OH is 1. The van der Waals surface area contributed by atoms with Crippen molar-refractivity contribution in [3.05, 3.63) is 30.1 Å². The first-order valence-corrected chi connectivity index (χ1v) is 5.46. The standard InChI is InChI=1S/C12H16FNO/c13-9-5-7-10(8-6-9)14-11-3-1-2-4-12(11)15/h5-8,11-12,14-15H,1-4H2/t11-,12-/m0/s1. The predicted octanol–water partition coefficient (Wildman–Crippen LogP) is 2.54. The van der Waals surface area contributed by atoms with E-state index in [2.05, 4.69) is 5.32 Å². The molecule has 2 atom stereocenters. The van der Waals surface area contributed by atoms with Crippen LogP contribution in [-0.4, -0.2) is 17.3 Å². The molecule has 2 rings (SSSR count). The van der Waals surface area contributed by atoms with E-state index < -0.39 is 0 Å². The number of anilines is 1. The molecule has 0 aliphatic heterocycles. The highest BCUT2D eigenvalue weighted by Gasteiger charge is 2.22. The highest BCUT2D eigenvalue weighted by molar-refractivity contribution is 5.44. The van der Waals surface area contributed by atoms with Crippen molar-refractivity contribution in [3.8, 4) is 0 Å². The van der Waals surface area contributed by atoms with Gasteiger partial charge in [-0.05, 0) is 37.1 Å². The maximum absolute atomic E-state index is 12.7. The third-order valence-corrected chi connectivity index (χ3v) is 2.93. The summed E-state index contributed by atoms with van der Waals surface area (Å²) in [6.45, 7) is 0. The van der Waals surface area contributed by atoms with Gasteiger partial charge in [0.1, 0.15) is 5.82 Å². The second-order valence-electron chi connectivity index (χ2n) is 4.11. The van der Waals surface area contributed by atoms with Gasteiger partial charge in [-0.25, -0.2) is 4.39 Å². The van der Waals surface area contributed by atoms with Crippen LogP contribution in [0.15, 0.2) is 24.3 Å². The molecule has 0 heterocycles. The number of hydrogen-bond acceptors (Lipinski definition) is 2. The van der Waals surface area contributed by atoms with Crippen molar-refractivity contribution < 1.29 is 9.50 Å². The Morgan fingerprint density at radius 3 is 2.47 bits per heavy atom. The summed E-state index contributed by atoms with van der Waals surface area (Å²) in [6, 6.07) is 6.38. The molecule has 0 unspecified atom stereocenters. The van der Waals surface area contributed by atoms with E-state index in [4.69, 9.17) is 0 Å². The van der Waals surface area contributed by atoms with Crippen LogP contribution >= 0.6 is 0 Å². The lowest BCUT2D eigenvalue weighted by atomic mass is 9.92. The molecule has 0 radical (unpaired) electrons. The van der Waals surface area contributed by atoms with Gasteiger partial charge in [-0.2, -0.15) is 0 Å². The van der Waals surface area contributed by atoms with E-state index in [1.165, 1.54) is 12.1 Å². The van der Waals surface area contributed by atoms with Gasteiger partial charge in [0.05, 0.1) is 12.1 Å². The first kappa shape index (κ1) is 10.4. The fraction of sp³-hybridized carbons (Fsp3) is 0.500. The molecule has 1 saturated carbocycles. The highest BCUT2D eigenvalue weighted by Crippen LogP contribution is 2.22. The smallest absolute Gasteiger partial charge is 0.123 e. The molecular weight excluding hydrogens is 193 g/mol. The first-order chi connectivity index (χ1) is 7.25. The monoisotopic (exact) mass is 209 g/mol. The quantitative estimate of drug-likeness (QED) is 0.784. The van der Waals surface area contributed by atoms with Crippen LogP contribution < -0.4 is 5.32 Å². The fourth-order valence-corrected chi connectivity index (χ4v) is 2.04. The molecule has 3 heteroatoms. The molecule has 0 saturated heterocycles. The van der Waals surface area contributed by atoms with Gasteiger partial charge in [0, 0.05) is 5.69 Å². The number of nitrogens with one attached hydrogen (secondary N) is 1. The minimum absolute atomic E-state index is 0.115. The molecule has 1 aliphatic carbocycles. The van der Waals surface area contributed by atoms with Crippen LogP contribution in [-0.2, 0) is 0 Å². The summed E-state index contributed by atoms with van der Waals surface area (Å²) in [4.78, 5) is 0. The van der Waals surface area contributed by atoms with Crippen LogP contribution in [0.25, 0.3) is 0 Å². The van der Waals surface area contributed by atoms with Crippen LogP contribution in [0.3, 0.4) is 0 Å². The summed E-state index contributed by atoms with van der Waals surface area (Å²) in [7, 11) is 0. The van der Waals surface area contributed by atoms with Crippen molar-refractivity contribution in [2.45, 2.75) is 37.8 Å². The van der Waals surface area contributed by atoms with Gasteiger partial charge in [0.25, 0.3) is 0 Å². The maximum atomic E-state index is 12.7. The molecule has 0 aromatic heterocycles. The van der Waals surface area contributed by atoms with Gasteiger partial charge < -0.3 is 10.4 Å². The minimum atomic E-state index is -0.274. The largest absolute Gasteiger partial charge is 0.391 e. The van der Waals surface area contributed by atoms with Crippen molar-refractivity contribution >= 4 is 5.69 Å². The molecule has 82 valence electrons. The molecule has 0 amide bonds. The van der Waals surface area contributed by atoms with E-state index in [-0.39, 0.29) is 18.0 Å². The van der Waals surface area contributed by atoms with Crippen molar-refractivity contribution in [2.75, 3.05) is 5.32 Å². The van der Waals surface area contributed by atoms with Crippen molar-refractivity contribution in [1.29, 1.82) is 0 Å². The summed E-state index contributed by atoms with van der Waals surface area (Å²) >= 11 is 0. The van der Waals surface area contributed by atoms with Crippen LogP contribution in [0.4, 0.5) is 10.1 Å². The summed E-state index contributed by atoms with van der Waals surface area (Å²) in [5, 5.41) is 13.0. The third-order valence-electron chi connectivity index (χ3n) is 2.93. The molecular formula is C12H16FNO. The van der Waals surface area contributed by atoms with Gasteiger partial charge in [0.2, 0.25) is 0 Å². The second kappa shape index (κ2) is 4.62. The Morgan fingerprint density at radius 1 is 1.13 bits per heavy atom. The van der Waals surface area contributed by atoms with Crippen molar-refractivity contribution in [3.63, 3.8) is 0 Å².